The van der Waals surface area contributed by atoms with Gasteiger partial charge in [-0.05, 0) is 25.1 Å². The summed E-state index contributed by atoms with van der Waals surface area (Å²) in [5.74, 6) is 0.0892. The predicted molar refractivity (Wildman–Crippen MR) is 59.2 cm³/mol. The second kappa shape index (κ2) is 3.38. The Labute approximate surface area is 85.8 Å². The normalized spacial score (nSPS) is 10.4. The van der Waals surface area contributed by atoms with E-state index in [1.165, 1.54) is 0 Å². The first-order chi connectivity index (χ1) is 6.70. The molecular weight excluding hydrogens is 196 g/mol. The van der Waals surface area contributed by atoms with Gasteiger partial charge in [0.1, 0.15) is 0 Å². The maximum Gasteiger partial charge on any atom is 0.183 e. The van der Waals surface area contributed by atoms with E-state index in [9.17, 15) is 4.79 Å². The summed E-state index contributed by atoms with van der Waals surface area (Å²) in [4.78, 5) is 15.5. The molecule has 0 radical (unpaired) electrons. The van der Waals surface area contributed by atoms with E-state index in [2.05, 4.69) is 10.3 Å². The van der Waals surface area contributed by atoms with Crippen LogP contribution in [0.4, 0.5) is 5.13 Å². The zero-order valence-corrected chi connectivity index (χ0v) is 8.81. The minimum atomic E-state index is 0.0892. The van der Waals surface area contributed by atoms with Gasteiger partial charge in [0, 0.05) is 12.6 Å². The quantitative estimate of drug-likeness (QED) is 0.768. The molecule has 1 heterocycles. The number of thiazole rings is 1. The van der Waals surface area contributed by atoms with Crippen LogP contribution in [0, 0.1) is 0 Å². The van der Waals surface area contributed by atoms with Gasteiger partial charge in [0.15, 0.2) is 10.9 Å². The monoisotopic (exact) mass is 206 g/mol. The lowest BCUT2D eigenvalue weighted by molar-refractivity contribution is 0.101. The Morgan fingerprint density at radius 1 is 1.50 bits per heavy atom. The molecule has 0 unspecified atom stereocenters. The van der Waals surface area contributed by atoms with Gasteiger partial charge in [-0.25, -0.2) is 4.98 Å². The number of carbonyl (C=O) groups is 1. The number of nitrogens with zero attached hydrogens (tertiary/aromatic N) is 1. The van der Waals surface area contributed by atoms with E-state index in [0.717, 1.165) is 20.9 Å². The fourth-order valence-electron chi connectivity index (χ4n) is 1.25. The number of hydrogen-bond acceptors (Lipinski definition) is 4. The average Bonchev–Trinajstić information content (AvgIpc) is 2.58. The van der Waals surface area contributed by atoms with Gasteiger partial charge < -0.3 is 5.32 Å². The molecule has 0 saturated heterocycles. The van der Waals surface area contributed by atoms with Gasteiger partial charge in [0.25, 0.3) is 0 Å². The molecule has 0 atom stereocenters. The van der Waals surface area contributed by atoms with E-state index in [4.69, 9.17) is 0 Å². The van der Waals surface area contributed by atoms with Gasteiger partial charge in [0.2, 0.25) is 0 Å². The molecule has 0 saturated carbocycles. The lowest BCUT2D eigenvalue weighted by Gasteiger charge is -1.92. The fraction of sp³-hybridized carbons (Fsp3) is 0.200. The highest BCUT2D eigenvalue weighted by Crippen LogP contribution is 2.26. The highest BCUT2D eigenvalue weighted by molar-refractivity contribution is 7.22. The Bertz CT molecular complexity index is 490. The molecule has 0 amide bonds. The van der Waals surface area contributed by atoms with Crippen molar-refractivity contribution < 1.29 is 4.79 Å². The van der Waals surface area contributed by atoms with Gasteiger partial charge in [-0.1, -0.05) is 11.3 Å². The number of ketones is 1. The van der Waals surface area contributed by atoms with Crippen LogP contribution in [0.1, 0.15) is 17.3 Å². The first-order valence-electron chi connectivity index (χ1n) is 4.30. The van der Waals surface area contributed by atoms with Crippen LogP contribution in [0.25, 0.3) is 10.2 Å². The van der Waals surface area contributed by atoms with Crippen LogP contribution in [0.5, 0.6) is 0 Å². The fourth-order valence-corrected chi connectivity index (χ4v) is 2.11. The summed E-state index contributed by atoms with van der Waals surface area (Å²) in [6.45, 7) is 1.57. The van der Waals surface area contributed by atoms with Gasteiger partial charge in [-0.2, -0.15) is 0 Å². The summed E-state index contributed by atoms with van der Waals surface area (Å²) in [6, 6.07) is 5.57. The number of anilines is 1. The van der Waals surface area contributed by atoms with Crippen LogP contribution < -0.4 is 5.32 Å². The van der Waals surface area contributed by atoms with Crippen LogP contribution in [0.2, 0.25) is 0 Å². The summed E-state index contributed by atoms with van der Waals surface area (Å²) < 4.78 is 1.04. The Kier molecular flexibility index (Phi) is 2.21. The number of rotatable bonds is 2. The third-order valence-electron chi connectivity index (χ3n) is 2.01. The molecular formula is C10H10N2OS. The van der Waals surface area contributed by atoms with Crippen molar-refractivity contribution in [1.29, 1.82) is 0 Å². The Morgan fingerprint density at radius 2 is 2.29 bits per heavy atom. The first-order valence-corrected chi connectivity index (χ1v) is 5.11. The van der Waals surface area contributed by atoms with Gasteiger partial charge in [0.05, 0.1) is 10.2 Å². The molecule has 1 N–H and O–H groups in total. The van der Waals surface area contributed by atoms with Crippen molar-refractivity contribution in [2.75, 3.05) is 12.4 Å². The number of nitrogens with one attached hydrogen (secondary N) is 1. The van der Waals surface area contributed by atoms with Gasteiger partial charge in [-0.3, -0.25) is 4.79 Å². The molecule has 4 heteroatoms. The largest absolute Gasteiger partial charge is 0.365 e. The highest BCUT2D eigenvalue weighted by Gasteiger charge is 2.05. The minimum Gasteiger partial charge on any atom is -0.365 e. The number of Topliss-reactive ketones (excluding diaryl/α,β-unsaturated/α-hetero) is 1. The van der Waals surface area contributed by atoms with Crippen molar-refractivity contribution in [3.63, 3.8) is 0 Å². The number of fused-ring (bicyclic) bond motifs is 1. The molecule has 0 spiro atoms. The zero-order valence-electron chi connectivity index (χ0n) is 8.00. The lowest BCUT2D eigenvalue weighted by Crippen LogP contribution is -1.89. The molecule has 1 aromatic carbocycles. The molecule has 2 rings (SSSR count). The van der Waals surface area contributed by atoms with Crippen molar-refractivity contribution in [3.05, 3.63) is 23.8 Å². The van der Waals surface area contributed by atoms with E-state index in [1.807, 2.05) is 25.2 Å². The molecule has 0 bridgehead atoms. The summed E-state index contributed by atoms with van der Waals surface area (Å²) in [5.41, 5.74) is 1.67. The van der Waals surface area contributed by atoms with E-state index in [-0.39, 0.29) is 5.78 Å². The van der Waals surface area contributed by atoms with E-state index >= 15 is 0 Å². The Morgan fingerprint density at radius 3 is 2.93 bits per heavy atom. The summed E-state index contributed by atoms with van der Waals surface area (Å²) >= 11 is 1.55. The number of aromatic nitrogens is 1. The van der Waals surface area contributed by atoms with Crippen LogP contribution in [-0.2, 0) is 0 Å². The summed E-state index contributed by atoms with van der Waals surface area (Å²) in [6.07, 6.45) is 0. The minimum absolute atomic E-state index is 0.0892. The first kappa shape index (κ1) is 9.15. The van der Waals surface area contributed by atoms with Crippen molar-refractivity contribution in [3.8, 4) is 0 Å². The summed E-state index contributed by atoms with van der Waals surface area (Å²) in [5, 5.41) is 3.86. The molecule has 2 aromatic rings. The maximum atomic E-state index is 11.1. The van der Waals surface area contributed by atoms with E-state index in [0.29, 0.717) is 0 Å². The number of hydrogen-bond donors (Lipinski definition) is 1. The SMILES string of the molecule is CNc1nc2ccc(C(C)=O)cc2s1. The van der Waals surface area contributed by atoms with Crippen LogP contribution in [0.3, 0.4) is 0 Å². The highest BCUT2D eigenvalue weighted by atomic mass is 32.1. The van der Waals surface area contributed by atoms with Gasteiger partial charge in [-0.15, -0.1) is 0 Å². The molecule has 0 aliphatic rings. The second-order valence-corrected chi connectivity index (χ2v) is 4.04. The van der Waals surface area contributed by atoms with Crippen molar-refractivity contribution in [1.82, 2.24) is 4.98 Å². The molecule has 0 aliphatic carbocycles. The second-order valence-electron chi connectivity index (χ2n) is 3.01. The lowest BCUT2D eigenvalue weighted by atomic mass is 10.1. The third-order valence-corrected chi connectivity index (χ3v) is 3.04. The number of carbonyl (C=O) groups excluding carboxylic acids is 1. The van der Waals surface area contributed by atoms with Gasteiger partial charge >= 0.3 is 0 Å². The predicted octanol–water partition coefficient (Wildman–Crippen LogP) is 2.54. The van der Waals surface area contributed by atoms with E-state index in [1.54, 1.807) is 18.3 Å². The zero-order chi connectivity index (χ0) is 10.1. The third kappa shape index (κ3) is 1.48. The molecule has 1 aromatic heterocycles. The standard InChI is InChI=1S/C10H10N2OS/c1-6(13)7-3-4-8-9(5-7)14-10(11-2)12-8/h3-5H,1-2H3,(H,11,12). The molecule has 3 nitrogen and oxygen atoms in total. The van der Waals surface area contributed by atoms with Crippen molar-refractivity contribution >= 4 is 32.5 Å². The van der Waals surface area contributed by atoms with Crippen molar-refractivity contribution in [2.24, 2.45) is 0 Å². The average molecular weight is 206 g/mol. The molecule has 0 aliphatic heterocycles. The topological polar surface area (TPSA) is 42.0 Å². The van der Waals surface area contributed by atoms with Crippen molar-refractivity contribution in [2.45, 2.75) is 6.92 Å². The van der Waals surface area contributed by atoms with Crippen LogP contribution in [0.15, 0.2) is 18.2 Å². The maximum absolute atomic E-state index is 11.1. The summed E-state index contributed by atoms with van der Waals surface area (Å²) in [7, 11) is 1.84. The Hall–Kier alpha value is -1.42. The molecule has 0 fully saturated rings. The van der Waals surface area contributed by atoms with Crippen LogP contribution >= 0.6 is 11.3 Å². The number of benzene rings is 1. The Balaban J connectivity index is 2.59. The smallest absolute Gasteiger partial charge is 0.183 e. The van der Waals surface area contributed by atoms with Crippen LogP contribution in [-0.4, -0.2) is 17.8 Å². The molecule has 14 heavy (non-hydrogen) atoms. The molecule has 72 valence electrons. The van der Waals surface area contributed by atoms with E-state index < -0.39 is 0 Å².